The third-order valence-corrected chi connectivity index (χ3v) is 3.61. The van der Waals surface area contributed by atoms with Gasteiger partial charge in [0.1, 0.15) is 0 Å². The predicted molar refractivity (Wildman–Crippen MR) is 85.7 cm³/mol. The Morgan fingerprint density at radius 3 is 2.83 bits per heavy atom. The second-order valence-electron chi connectivity index (χ2n) is 5.13. The van der Waals surface area contributed by atoms with Crippen molar-refractivity contribution in [2.24, 2.45) is 0 Å². The number of benzene rings is 1. The zero-order valence-electron chi connectivity index (χ0n) is 12.5. The number of rotatable bonds is 3. The Morgan fingerprint density at radius 1 is 1.12 bits per heavy atom. The standard InChI is InChI=1S/C17H12N4O3/c18-17-15(16(22)11-2-1-5-19-7-11)21-12(8-20-17)10-3-4-13-14(6-10)24-9-23-13/h1-8H,9H2,(H2,18,20). The highest BCUT2D eigenvalue weighted by atomic mass is 16.7. The number of nitrogens with zero attached hydrogens (tertiary/aromatic N) is 3. The van der Waals surface area contributed by atoms with Gasteiger partial charge in [-0.3, -0.25) is 9.78 Å². The third-order valence-electron chi connectivity index (χ3n) is 3.61. The fourth-order valence-corrected chi connectivity index (χ4v) is 2.39. The Hall–Kier alpha value is -3.48. The van der Waals surface area contributed by atoms with Crippen LogP contribution >= 0.6 is 0 Å². The molecule has 2 aromatic heterocycles. The Morgan fingerprint density at radius 2 is 2.00 bits per heavy atom. The number of fused-ring (bicyclic) bond motifs is 1. The number of nitrogens with two attached hydrogens (primary N) is 1. The second-order valence-corrected chi connectivity index (χ2v) is 5.13. The van der Waals surface area contributed by atoms with Crippen molar-refractivity contribution in [3.05, 3.63) is 60.2 Å². The van der Waals surface area contributed by atoms with Crippen LogP contribution in [0.3, 0.4) is 0 Å². The summed E-state index contributed by atoms with van der Waals surface area (Å²) in [5, 5.41) is 0. The topological polar surface area (TPSA) is 100 Å². The SMILES string of the molecule is Nc1ncc(-c2ccc3c(c2)OCO3)nc1C(=O)c1cccnc1. The van der Waals surface area contributed by atoms with Crippen molar-refractivity contribution in [2.45, 2.75) is 0 Å². The van der Waals surface area contributed by atoms with Crippen molar-refractivity contribution < 1.29 is 14.3 Å². The van der Waals surface area contributed by atoms with Gasteiger partial charge in [0.2, 0.25) is 12.6 Å². The molecule has 0 unspecified atom stereocenters. The minimum atomic E-state index is -0.323. The minimum absolute atomic E-state index is 0.0772. The van der Waals surface area contributed by atoms with E-state index in [-0.39, 0.29) is 24.1 Å². The van der Waals surface area contributed by atoms with Crippen molar-refractivity contribution in [1.82, 2.24) is 15.0 Å². The van der Waals surface area contributed by atoms with Gasteiger partial charge in [0.15, 0.2) is 23.0 Å². The van der Waals surface area contributed by atoms with E-state index in [0.717, 1.165) is 5.56 Å². The normalized spacial score (nSPS) is 12.2. The number of carbonyl (C=O) groups is 1. The quantitative estimate of drug-likeness (QED) is 0.737. The maximum Gasteiger partial charge on any atom is 0.231 e. The van der Waals surface area contributed by atoms with Crippen LogP contribution in [0.2, 0.25) is 0 Å². The van der Waals surface area contributed by atoms with Gasteiger partial charge in [-0.15, -0.1) is 0 Å². The molecule has 1 aromatic carbocycles. The molecule has 0 spiro atoms. The molecule has 118 valence electrons. The van der Waals surface area contributed by atoms with Crippen LogP contribution in [-0.4, -0.2) is 27.5 Å². The van der Waals surface area contributed by atoms with Crippen LogP contribution in [0.4, 0.5) is 5.82 Å². The van der Waals surface area contributed by atoms with Crippen molar-refractivity contribution in [3.63, 3.8) is 0 Å². The van der Waals surface area contributed by atoms with E-state index in [1.165, 1.54) is 12.4 Å². The fraction of sp³-hybridized carbons (Fsp3) is 0.0588. The first-order valence-corrected chi connectivity index (χ1v) is 7.19. The first-order valence-electron chi connectivity index (χ1n) is 7.19. The summed E-state index contributed by atoms with van der Waals surface area (Å²) < 4.78 is 10.6. The highest BCUT2D eigenvalue weighted by molar-refractivity contribution is 6.10. The molecule has 0 radical (unpaired) electrons. The van der Waals surface area contributed by atoms with E-state index in [1.54, 1.807) is 30.5 Å². The van der Waals surface area contributed by atoms with Crippen molar-refractivity contribution in [1.29, 1.82) is 0 Å². The smallest absolute Gasteiger partial charge is 0.231 e. The summed E-state index contributed by atoms with van der Waals surface area (Å²) in [6.07, 6.45) is 4.58. The summed E-state index contributed by atoms with van der Waals surface area (Å²) in [5.74, 6) is 1.06. The summed E-state index contributed by atoms with van der Waals surface area (Å²) in [6, 6.07) is 8.74. The van der Waals surface area contributed by atoms with Crippen LogP contribution in [0.25, 0.3) is 11.3 Å². The Kier molecular flexibility index (Phi) is 3.31. The zero-order chi connectivity index (χ0) is 16.5. The van der Waals surface area contributed by atoms with Crippen LogP contribution in [0.1, 0.15) is 16.1 Å². The first-order chi connectivity index (χ1) is 11.7. The lowest BCUT2D eigenvalue weighted by Crippen LogP contribution is -2.10. The lowest BCUT2D eigenvalue weighted by molar-refractivity contribution is 0.103. The molecule has 4 rings (SSSR count). The molecule has 1 aliphatic heterocycles. The number of anilines is 1. The maximum absolute atomic E-state index is 12.6. The number of ether oxygens (including phenoxy) is 2. The number of ketones is 1. The number of aromatic nitrogens is 3. The van der Waals surface area contributed by atoms with Crippen LogP contribution in [0.5, 0.6) is 11.5 Å². The van der Waals surface area contributed by atoms with Gasteiger partial charge in [0.05, 0.1) is 11.9 Å². The molecule has 0 fully saturated rings. The Bertz CT molecular complexity index is 928. The first kappa shape index (κ1) is 14.1. The second kappa shape index (κ2) is 5.62. The number of pyridine rings is 1. The van der Waals surface area contributed by atoms with E-state index in [2.05, 4.69) is 15.0 Å². The van der Waals surface area contributed by atoms with Gasteiger partial charge >= 0.3 is 0 Å². The van der Waals surface area contributed by atoms with Gasteiger partial charge in [0, 0.05) is 23.5 Å². The lowest BCUT2D eigenvalue weighted by atomic mass is 10.1. The monoisotopic (exact) mass is 320 g/mol. The molecule has 1 aliphatic rings. The minimum Gasteiger partial charge on any atom is -0.454 e. The van der Waals surface area contributed by atoms with Gasteiger partial charge in [-0.1, -0.05) is 0 Å². The van der Waals surface area contributed by atoms with E-state index in [0.29, 0.717) is 22.8 Å². The Balaban J connectivity index is 1.75. The lowest BCUT2D eigenvalue weighted by Gasteiger charge is -2.07. The molecule has 0 bridgehead atoms. The van der Waals surface area contributed by atoms with Crippen LogP contribution in [0.15, 0.2) is 48.9 Å². The molecule has 0 atom stereocenters. The molecule has 7 heteroatoms. The predicted octanol–water partition coefficient (Wildman–Crippen LogP) is 2.08. The summed E-state index contributed by atoms with van der Waals surface area (Å²) in [7, 11) is 0. The van der Waals surface area contributed by atoms with Crippen LogP contribution < -0.4 is 15.2 Å². The molecule has 24 heavy (non-hydrogen) atoms. The largest absolute Gasteiger partial charge is 0.454 e. The fourth-order valence-electron chi connectivity index (χ4n) is 2.39. The zero-order valence-corrected chi connectivity index (χ0v) is 12.5. The molecule has 7 nitrogen and oxygen atoms in total. The van der Waals surface area contributed by atoms with Crippen molar-refractivity contribution >= 4 is 11.6 Å². The summed E-state index contributed by atoms with van der Waals surface area (Å²) in [6.45, 7) is 0.191. The van der Waals surface area contributed by atoms with Gasteiger partial charge < -0.3 is 15.2 Å². The number of hydrogen-bond acceptors (Lipinski definition) is 7. The summed E-state index contributed by atoms with van der Waals surface area (Å²) >= 11 is 0. The van der Waals surface area contributed by atoms with Crippen molar-refractivity contribution in [3.8, 4) is 22.8 Å². The summed E-state index contributed by atoms with van der Waals surface area (Å²) in [4.78, 5) is 25.0. The molecule has 0 saturated heterocycles. The average Bonchev–Trinajstić information content (AvgIpc) is 3.10. The van der Waals surface area contributed by atoms with Crippen LogP contribution in [-0.2, 0) is 0 Å². The van der Waals surface area contributed by atoms with E-state index in [9.17, 15) is 4.79 Å². The molecule has 0 aliphatic carbocycles. The number of nitrogen functional groups attached to an aromatic ring is 1. The highest BCUT2D eigenvalue weighted by Gasteiger charge is 2.18. The summed E-state index contributed by atoms with van der Waals surface area (Å²) in [5.41, 5.74) is 7.62. The third kappa shape index (κ3) is 2.41. The molecular formula is C17H12N4O3. The molecule has 3 aromatic rings. The molecule has 3 heterocycles. The van der Waals surface area contributed by atoms with Gasteiger partial charge in [-0.25, -0.2) is 9.97 Å². The van der Waals surface area contributed by atoms with Gasteiger partial charge in [0.25, 0.3) is 0 Å². The number of hydrogen-bond donors (Lipinski definition) is 1. The average molecular weight is 320 g/mol. The van der Waals surface area contributed by atoms with Crippen LogP contribution in [0, 0.1) is 0 Å². The van der Waals surface area contributed by atoms with Gasteiger partial charge in [-0.05, 0) is 30.3 Å². The van der Waals surface area contributed by atoms with E-state index >= 15 is 0 Å². The van der Waals surface area contributed by atoms with Gasteiger partial charge in [-0.2, -0.15) is 0 Å². The molecule has 0 amide bonds. The number of carbonyl (C=O) groups excluding carboxylic acids is 1. The van der Waals surface area contributed by atoms with E-state index in [4.69, 9.17) is 15.2 Å². The molecule has 0 saturated carbocycles. The van der Waals surface area contributed by atoms with Crippen molar-refractivity contribution in [2.75, 3.05) is 12.5 Å². The van der Waals surface area contributed by atoms with E-state index < -0.39 is 0 Å². The molecule has 2 N–H and O–H groups in total. The molecular weight excluding hydrogens is 308 g/mol. The Labute approximate surface area is 137 Å². The highest BCUT2D eigenvalue weighted by Crippen LogP contribution is 2.35. The van der Waals surface area contributed by atoms with E-state index in [1.807, 2.05) is 6.07 Å². The maximum atomic E-state index is 12.6.